The number of benzene rings is 2. The second-order valence-corrected chi connectivity index (χ2v) is 10.3. The van der Waals surface area contributed by atoms with Crippen LogP contribution in [0, 0.1) is 5.92 Å². The van der Waals surface area contributed by atoms with Gasteiger partial charge >= 0.3 is 6.09 Å². The van der Waals surface area contributed by atoms with Crippen molar-refractivity contribution in [3.05, 3.63) is 60.2 Å². The van der Waals surface area contributed by atoms with Crippen LogP contribution >= 0.6 is 12.6 Å². The van der Waals surface area contributed by atoms with Gasteiger partial charge in [0.05, 0.1) is 4.87 Å². The molecule has 0 spiro atoms. The van der Waals surface area contributed by atoms with E-state index in [2.05, 4.69) is 35.4 Å². The topological polar surface area (TPSA) is 67.4 Å². The van der Waals surface area contributed by atoms with Crippen LogP contribution in [0.1, 0.15) is 53.5 Å². The van der Waals surface area contributed by atoms with E-state index in [1.807, 2.05) is 70.2 Å². The fourth-order valence-electron chi connectivity index (χ4n) is 3.25. The third kappa shape index (κ3) is 7.94. The number of hydrogen-bond donors (Lipinski definition) is 3. The molecule has 0 aliphatic rings. The highest BCUT2D eigenvalue weighted by molar-refractivity contribution is 7.81. The predicted octanol–water partition coefficient (Wildman–Crippen LogP) is 5.51. The van der Waals surface area contributed by atoms with Gasteiger partial charge in [0.15, 0.2) is 0 Å². The number of thiol groups is 1. The largest absolute Gasteiger partial charge is 0.439 e. The van der Waals surface area contributed by atoms with Crippen molar-refractivity contribution in [2.24, 2.45) is 5.92 Å². The number of carbonyl (C=O) groups is 2. The Bertz CT molecular complexity index is 872. The first-order chi connectivity index (χ1) is 14.4. The number of alkyl carbamates (subject to hydrolysis) is 1. The Hall–Kier alpha value is -2.47. The summed E-state index contributed by atoms with van der Waals surface area (Å²) in [5.41, 5.74) is 2.22. The van der Waals surface area contributed by atoms with Crippen molar-refractivity contribution < 1.29 is 14.3 Å². The van der Waals surface area contributed by atoms with Gasteiger partial charge in [0.25, 0.3) is 0 Å². The molecule has 2 amide bonds. The van der Waals surface area contributed by atoms with Gasteiger partial charge in [-0.25, -0.2) is 4.79 Å². The smallest absolute Gasteiger partial charge is 0.408 e. The maximum absolute atomic E-state index is 12.6. The van der Waals surface area contributed by atoms with Crippen molar-refractivity contribution in [1.82, 2.24) is 10.6 Å². The van der Waals surface area contributed by atoms with Gasteiger partial charge in [0.1, 0.15) is 11.6 Å². The van der Waals surface area contributed by atoms with E-state index in [4.69, 9.17) is 4.74 Å². The highest BCUT2D eigenvalue weighted by atomic mass is 32.1. The van der Waals surface area contributed by atoms with Gasteiger partial charge in [-0.1, -0.05) is 68.4 Å². The Morgan fingerprint density at radius 2 is 1.48 bits per heavy atom. The Morgan fingerprint density at radius 3 is 2.00 bits per heavy atom. The lowest BCUT2D eigenvalue weighted by Crippen LogP contribution is -2.52. The summed E-state index contributed by atoms with van der Waals surface area (Å²) in [4.78, 5) is 24.6. The van der Waals surface area contributed by atoms with Crippen molar-refractivity contribution >= 4 is 24.6 Å². The van der Waals surface area contributed by atoms with E-state index >= 15 is 0 Å². The standard InChI is InChI=1S/C25H34N2O3S/c1-17(2)16-21(22(28)27-25(5,6)31)26-23(29)30-24(3,4)20-14-12-19(13-15-20)18-10-8-7-9-11-18/h7-15,17,21,31H,16H2,1-6H3,(H,26,29)(H,27,28)/t21-/m0/s1. The van der Waals surface area contributed by atoms with Crippen molar-refractivity contribution in [3.8, 4) is 11.1 Å². The van der Waals surface area contributed by atoms with Crippen LogP contribution in [0.2, 0.25) is 0 Å². The summed E-state index contributed by atoms with van der Waals surface area (Å²) in [5.74, 6) is -0.0618. The second-order valence-electron chi connectivity index (χ2n) is 9.22. The molecule has 0 radical (unpaired) electrons. The molecule has 1 atom stereocenters. The van der Waals surface area contributed by atoms with Crippen molar-refractivity contribution in [2.45, 2.75) is 64.5 Å². The molecule has 6 heteroatoms. The lowest BCUT2D eigenvalue weighted by Gasteiger charge is -2.29. The molecule has 168 valence electrons. The molecule has 0 bridgehead atoms. The summed E-state index contributed by atoms with van der Waals surface area (Å²) in [7, 11) is 0. The normalized spacial score (nSPS) is 12.9. The summed E-state index contributed by atoms with van der Waals surface area (Å²) in [6.45, 7) is 11.2. The van der Waals surface area contributed by atoms with E-state index in [0.717, 1.165) is 16.7 Å². The monoisotopic (exact) mass is 442 g/mol. The van der Waals surface area contributed by atoms with E-state index in [9.17, 15) is 9.59 Å². The highest BCUT2D eigenvalue weighted by Crippen LogP contribution is 2.28. The summed E-state index contributed by atoms with van der Waals surface area (Å²) in [5, 5.41) is 5.53. The number of amides is 2. The van der Waals surface area contributed by atoms with Gasteiger partial charge in [-0.3, -0.25) is 4.79 Å². The van der Waals surface area contributed by atoms with E-state index in [1.54, 1.807) is 13.8 Å². The van der Waals surface area contributed by atoms with E-state index in [1.165, 1.54) is 0 Å². The number of rotatable bonds is 8. The molecular weight excluding hydrogens is 408 g/mol. The number of ether oxygens (including phenoxy) is 1. The van der Waals surface area contributed by atoms with E-state index in [0.29, 0.717) is 6.42 Å². The minimum Gasteiger partial charge on any atom is -0.439 e. The van der Waals surface area contributed by atoms with Crippen molar-refractivity contribution in [1.29, 1.82) is 0 Å². The minimum atomic E-state index is -0.860. The van der Waals surface area contributed by atoms with Gasteiger partial charge in [-0.05, 0) is 56.7 Å². The fraction of sp³-hybridized carbons (Fsp3) is 0.440. The Labute approximate surface area is 191 Å². The third-order valence-corrected chi connectivity index (χ3v) is 4.89. The lowest BCUT2D eigenvalue weighted by molar-refractivity contribution is -0.124. The molecule has 0 heterocycles. The molecule has 5 nitrogen and oxygen atoms in total. The van der Waals surface area contributed by atoms with Crippen LogP contribution in [-0.2, 0) is 15.1 Å². The molecule has 31 heavy (non-hydrogen) atoms. The first-order valence-corrected chi connectivity index (χ1v) is 11.0. The summed E-state index contributed by atoms with van der Waals surface area (Å²) >= 11 is 4.35. The Balaban J connectivity index is 2.08. The van der Waals surface area contributed by atoms with Crippen molar-refractivity contribution in [3.63, 3.8) is 0 Å². The molecule has 2 N–H and O–H groups in total. The molecule has 0 saturated heterocycles. The molecule has 0 saturated carbocycles. The average Bonchev–Trinajstić information content (AvgIpc) is 2.66. The van der Waals surface area contributed by atoms with Crippen LogP contribution < -0.4 is 10.6 Å². The van der Waals surface area contributed by atoms with Crippen molar-refractivity contribution in [2.75, 3.05) is 0 Å². The number of hydrogen-bond acceptors (Lipinski definition) is 4. The summed E-state index contributed by atoms with van der Waals surface area (Å²) < 4.78 is 5.71. The summed E-state index contributed by atoms with van der Waals surface area (Å²) in [6, 6.07) is 17.3. The van der Waals surface area contributed by atoms with Crippen LogP contribution in [0.3, 0.4) is 0 Å². The minimum absolute atomic E-state index is 0.220. The maximum Gasteiger partial charge on any atom is 0.408 e. The molecular formula is C25H34N2O3S. The van der Waals surface area contributed by atoms with Gasteiger partial charge < -0.3 is 15.4 Å². The average molecular weight is 443 g/mol. The van der Waals surface area contributed by atoms with Crippen LogP contribution in [-0.4, -0.2) is 22.9 Å². The van der Waals surface area contributed by atoms with Crippen LogP contribution in [0.5, 0.6) is 0 Å². The van der Waals surface area contributed by atoms with Crippen LogP contribution in [0.4, 0.5) is 4.79 Å². The van der Waals surface area contributed by atoms with Crippen LogP contribution in [0.15, 0.2) is 54.6 Å². The second kappa shape index (κ2) is 10.2. The molecule has 0 aromatic heterocycles. The maximum atomic E-state index is 12.6. The molecule has 2 aromatic rings. The molecule has 0 aliphatic carbocycles. The molecule has 0 aliphatic heterocycles. The van der Waals surface area contributed by atoms with Gasteiger partial charge in [0, 0.05) is 0 Å². The Kier molecular flexibility index (Phi) is 8.18. The quantitative estimate of drug-likeness (QED) is 0.373. The van der Waals surface area contributed by atoms with Gasteiger partial charge in [-0.15, -0.1) is 0 Å². The molecule has 2 aromatic carbocycles. The zero-order chi connectivity index (χ0) is 23.2. The van der Waals surface area contributed by atoms with Crippen LogP contribution in [0.25, 0.3) is 11.1 Å². The fourth-order valence-corrected chi connectivity index (χ4v) is 3.36. The number of nitrogens with one attached hydrogen (secondary N) is 2. The number of carbonyl (C=O) groups excluding carboxylic acids is 2. The molecule has 2 rings (SSSR count). The van der Waals surface area contributed by atoms with Gasteiger partial charge in [-0.2, -0.15) is 12.6 Å². The Morgan fingerprint density at radius 1 is 0.935 bits per heavy atom. The van der Waals surface area contributed by atoms with E-state index in [-0.39, 0.29) is 11.8 Å². The molecule has 0 fully saturated rings. The predicted molar refractivity (Wildman–Crippen MR) is 129 cm³/mol. The molecule has 0 unspecified atom stereocenters. The zero-order valence-electron chi connectivity index (χ0n) is 19.2. The third-order valence-electron chi connectivity index (χ3n) is 4.78. The SMILES string of the molecule is CC(C)C[C@H](NC(=O)OC(C)(C)c1ccc(-c2ccccc2)cc1)C(=O)NC(C)(C)S. The summed E-state index contributed by atoms with van der Waals surface area (Å²) in [6.07, 6.45) is -0.133. The highest BCUT2D eigenvalue weighted by Gasteiger charge is 2.30. The van der Waals surface area contributed by atoms with E-state index < -0.39 is 22.6 Å². The zero-order valence-corrected chi connectivity index (χ0v) is 20.1. The lowest BCUT2D eigenvalue weighted by atomic mass is 9.95. The first kappa shape index (κ1) is 24.8. The van der Waals surface area contributed by atoms with Gasteiger partial charge in [0.2, 0.25) is 5.91 Å². The first-order valence-electron chi connectivity index (χ1n) is 10.6.